The molecule has 0 amide bonds. The molecule has 0 saturated heterocycles. The van der Waals surface area contributed by atoms with Gasteiger partial charge in [0.15, 0.2) is 0 Å². The van der Waals surface area contributed by atoms with Crippen molar-refractivity contribution in [2.75, 3.05) is 20.8 Å². The molecule has 0 spiro atoms. The quantitative estimate of drug-likeness (QED) is 0.707. The summed E-state index contributed by atoms with van der Waals surface area (Å²) in [6.45, 7) is 5.17. The third kappa shape index (κ3) is 2.69. The van der Waals surface area contributed by atoms with Crippen LogP contribution in [-0.4, -0.2) is 38.5 Å². The van der Waals surface area contributed by atoms with Crippen LogP contribution in [0.3, 0.4) is 0 Å². The van der Waals surface area contributed by atoms with Crippen LogP contribution in [-0.2, 0) is 9.47 Å². The lowest BCUT2D eigenvalue weighted by Gasteiger charge is -2.41. The highest BCUT2D eigenvalue weighted by Crippen LogP contribution is 2.34. The highest BCUT2D eigenvalue weighted by atomic mass is 16.5. The normalized spacial score (nSPS) is 24.0. The van der Waals surface area contributed by atoms with E-state index in [0.29, 0.717) is 6.04 Å². The maximum absolute atomic E-state index is 5.53. The van der Waals surface area contributed by atoms with E-state index in [1.165, 1.54) is 19.3 Å². The molecule has 1 aliphatic rings. The Bertz CT molecular complexity index is 163. The number of rotatable bonds is 6. The van der Waals surface area contributed by atoms with Crippen molar-refractivity contribution in [3.63, 3.8) is 0 Å². The number of hydrogen-bond acceptors (Lipinski definition) is 3. The Balaban J connectivity index is 2.25. The minimum Gasteiger partial charge on any atom is -0.380 e. The van der Waals surface area contributed by atoms with E-state index in [-0.39, 0.29) is 11.7 Å². The van der Waals surface area contributed by atoms with Gasteiger partial charge >= 0.3 is 0 Å². The Morgan fingerprint density at radius 3 is 2.29 bits per heavy atom. The summed E-state index contributed by atoms with van der Waals surface area (Å²) in [6.07, 6.45) is 3.92. The summed E-state index contributed by atoms with van der Waals surface area (Å²) in [5, 5.41) is 3.48. The molecule has 0 aromatic rings. The van der Waals surface area contributed by atoms with E-state index in [0.717, 1.165) is 6.54 Å². The van der Waals surface area contributed by atoms with Crippen LogP contribution >= 0.6 is 0 Å². The molecule has 84 valence electrons. The zero-order chi connectivity index (χ0) is 10.6. The molecular formula is C11H23NO2. The van der Waals surface area contributed by atoms with Crippen LogP contribution in [0.5, 0.6) is 0 Å². The van der Waals surface area contributed by atoms with Crippen molar-refractivity contribution >= 4 is 0 Å². The lowest BCUT2D eigenvalue weighted by Crippen LogP contribution is -2.51. The number of nitrogens with one attached hydrogen (secondary N) is 1. The van der Waals surface area contributed by atoms with E-state index < -0.39 is 0 Å². The molecule has 1 aliphatic carbocycles. The second kappa shape index (κ2) is 5.10. The summed E-state index contributed by atoms with van der Waals surface area (Å²) >= 11 is 0. The van der Waals surface area contributed by atoms with Crippen molar-refractivity contribution in [1.82, 2.24) is 5.32 Å². The fraction of sp³-hybridized carbons (Fsp3) is 1.00. The molecule has 0 aliphatic heterocycles. The van der Waals surface area contributed by atoms with Crippen LogP contribution in [0.4, 0.5) is 0 Å². The molecule has 3 heteroatoms. The van der Waals surface area contributed by atoms with Gasteiger partial charge in [0.2, 0.25) is 0 Å². The Hall–Kier alpha value is -0.120. The molecule has 0 heterocycles. The summed E-state index contributed by atoms with van der Waals surface area (Å²) in [5.41, 5.74) is 0.113. The first-order valence-electron chi connectivity index (χ1n) is 5.45. The third-order valence-electron chi connectivity index (χ3n) is 3.52. The molecule has 14 heavy (non-hydrogen) atoms. The van der Waals surface area contributed by atoms with Gasteiger partial charge in [-0.1, -0.05) is 0 Å². The van der Waals surface area contributed by atoms with Crippen LogP contribution in [0.2, 0.25) is 0 Å². The fourth-order valence-corrected chi connectivity index (χ4v) is 1.74. The lowest BCUT2D eigenvalue weighted by molar-refractivity contribution is -0.0730. The van der Waals surface area contributed by atoms with Gasteiger partial charge in [0.05, 0.1) is 11.7 Å². The average molecular weight is 201 g/mol. The van der Waals surface area contributed by atoms with Crippen LogP contribution in [0.15, 0.2) is 0 Å². The first-order chi connectivity index (χ1) is 6.63. The van der Waals surface area contributed by atoms with Crippen molar-refractivity contribution in [1.29, 1.82) is 0 Å². The Kier molecular flexibility index (Phi) is 4.35. The van der Waals surface area contributed by atoms with E-state index >= 15 is 0 Å². The van der Waals surface area contributed by atoms with Crippen molar-refractivity contribution < 1.29 is 9.47 Å². The molecule has 0 bridgehead atoms. The molecule has 1 fully saturated rings. The van der Waals surface area contributed by atoms with Gasteiger partial charge in [0.1, 0.15) is 0 Å². The molecule has 1 N–H and O–H groups in total. The zero-order valence-corrected chi connectivity index (χ0v) is 9.80. The first-order valence-corrected chi connectivity index (χ1v) is 5.45. The van der Waals surface area contributed by atoms with Gasteiger partial charge in [0.25, 0.3) is 0 Å². The van der Waals surface area contributed by atoms with E-state index in [4.69, 9.17) is 9.47 Å². The van der Waals surface area contributed by atoms with E-state index in [1.54, 1.807) is 7.11 Å². The minimum absolute atomic E-state index is 0.113. The molecule has 0 aromatic heterocycles. The highest BCUT2D eigenvalue weighted by Gasteiger charge is 2.37. The van der Waals surface area contributed by atoms with Crippen molar-refractivity contribution in [3.05, 3.63) is 0 Å². The predicted octanol–water partition coefficient (Wildman–Crippen LogP) is 1.57. The predicted molar refractivity (Wildman–Crippen MR) is 57.5 cm³/mol. The summed E-state index contributed by atoms with van der Waals surface area (Å²) in [5.74, 6) is 0. The molecular weight excluding hydrogens is 178 g/mol. The van der Waals surface area contributed by atoms with Crippen LogP contribution in [0, 0.1) is 0 Å². The van der Waals surface area contributed by atoms with Gasteiger partial charge in [-0.3, -0.25) is 0 Å². The Morgan fingerprint density at radius 2 is 1.93 bits per heavy atom. The van der Waals surface area contributed by atoms with Crippen LogP contribution in [0.1, 0.15) is 33.1 Å². The second-order valence-corrected chi connectivity index (χ2v) is 4.35. The van der Waals surface area contributed by atoms with Crippen molar-refractivity contribution in [2.45, 2.75) is 50.9 Å². The van der Waals surface area contributed by atoms with Crippen LogP contribution in [0.25, 0.3) is 0 Å². The van der Waals surface area contributed by atoms with Gasteiger partial charge in [-0.05, 0) is 33.1 Å². The number of hydrogen-bond donors (Lipinski definition) is 1. The largest absolute Gasteiger partial charge is 0.380 e. The molecule has 1 rings (SSSR count). The van der Waals surface area contributed by atoms with E-state index in [2.05, 4.69) is 19.2 Å². The second-order valence-electron chi connectivity index (χ2n) is 4.35. The topological polar surface area (TPSA) is 30.5 Å². The van der Waals surface area contributed by atoms with Crippen LogP contribution < -0.4 is 5.32 Å². The summed E-state index contributed by atoms with van der Waals surface area (Å²) in [6, 6.07) is 0.382. The highest BCUT2D eigenvalue weighted by molar-refractivity contribution is 4.92. The third-order valence-corrected chi connectivity index (χ3v) is 3.52. The van der Waals surface area contributed by atoms with Crippen molar-refractivity contribution in [2.24, 2.45) is 0 Å². The summed E-state index contributed by atoms with van der Waals surface area (Å²) in [4.78, 5) is 0. The number of ether oxygens (including phenoxy) is 2. The van der Waals surface area contributed by atoms with Gasteiger partial charge in [-0.25, -0.2) is 0 Å². The molecule has 0 aromatic carbocycles. The first kappa shape index (κ1) is 12.0. The molecule has 3 nitrogen and oxygen atoms in total. The SMILES string of the molecule is COC(C)C(C)NCC1(OC)CCC1. The lowest BCUT2D eigenvalue weighted by atomic mass is 9.80. The maximum Gasteiger partial charge on any atom is 0.0802 e. The fourth-order valence-electron chi connectivity index (χ4n) is 1.74. The molecule has 1 saturated carbocycles. The standard InChI is InChI=1S/C11H23NO2/c1-9(10(2)13-3)12-8-11(14-4)6-5-7-11/h9-10,12H,5-8H2,1-4H3. The van der Waals surface area contributed by atoms with Crippen molar-refractivity contribution in [3.8, 4) is 0 Å². The maximum atomic E-state index is 5.53. The Morgan fingerprint density at radius 1 is 1.29 bits per heavy atom. The minimum atomic E-state index is 0.113. The monoisotopic (exact) mass is 201 g/mol. The number of methoxy groups -OCH3 is 2. The van der Waals surface area contributed by atoms with Gasteiger partial charge in [-0.15, -0.1) is 0 Å². The van der Waals surface area contributed by atoms with E-state index in [1.807, 2.05) is 7.11 Å². The van der Waals surface area contributed by atoms with Gasteiger partial charge in [0, 0.05) is 26.8 Å². The smallest absolute Gasteiger partial charge is 0.0802 e. The van der Waals surface area contributed by atoms with Gasteiger partial charge < -0.3 is 14.8 Å². The summed E-state index contributed by atoms with van der Waals surface area (Å²) in [7, 11) is 3.56. The average Bonchev–Trinajstić information content (AvgIpc) is 2.15. The van der Waals surface area contributed by atoms with Gasteiger partial charge in [-0.2, -0.15) is 0 Å². The van der Waals surface area contributed by atoms with E-state index in [9.17, 15) is 0 Å². The molecule has 2 atom stereocenters. The molecule has 0 radical (unpaired) electrons. The summed E-state index contributed by atoms with van der Waals surface area (Å²) < 4.78 is 10.8. The molecule has 2 unspecified atom stereocenters. The zero-order valence-electron chi connectivity index (χ0n) is 9.80. The Labute approximate surface area is 87.2 Å².